The summed E-state index contributed by atoms with van der Waals surface area (Å²) in [4.78, 5) is 0. The first kappa shape index (κ1) is 84.4. The predicted molar refractivity (Wildman–Crippen MR) is 485 cm³/mol. The number of unbranched alkanes of at least 4 members (excludes halogenated alkanes) is 1. The number of fused-ring (bicyclic) bond motifs is 12. The quantitative estimate of drug-likeness (QED) is 0.0593. The van der Waals surface area contributed by atoms with Crippen LogP contribution in [0.3, 0.4) is 0 Å². The van der Waals surface area contributed by atoms with Crippen molar-refractivity contribution < 1.29 is 18.9 Å². The third-order valence-electron chi connectivity index (χ3n) is 24.8. The van der Waals surface area contributed by atoms with Gasteiger partial charge in [0.15, 0.2) is 0 Å². The molecule has 0 heterocycles. The summed E-state index contributed by atoms with van der Waals surface area (Å²) in [6, 6.07) is 111. The van der Waals surface area contributed by atoms with Gasteiger partial charge in [-0.25, -0.2) is 0 Å². The molecule has 4 aliphatic rings. The van der Waals surface area contributed by atoms with E-state index in [1.54, 1.807) is 0 Å². The SMILES string of the molecule is CCC(C)c1ccc(C)cc1.CCC(C)c1ccc(CC2c3cc(C)ccc3-c3ccc(C)cc32)cc1.CCC(C)c1ccc(CC2c3ccccc3-c3ccccc32)cc1.CCC(CC(C)c1ccc(CC2c3ccccc3-c3ccccc32)cc1)c1ccccc1.Cc1ccc2c(c1)Cc1cc(C)ccc1-2.[CH2-]CCC.[Li+]. The van der Waals surface area contributed by atoms with Crippen LogP contribution in [0.25, 0.3) is 44.5 Å². The summed E-state index contributed by atoms with van der Waals surface area (Å²) >= 11 is 0. The maximum absolute atomic E-state index is 3.60. The molecule has 0 saturated carbocycles. The molecule has 0 nitrogen and oxygen atoms in total. The average molecular weight is 1480 g/mol. The molecular formula is C112H123Li. The van der Waals surface area contributed by atoms with Gasteiger partial charge in [-0.3, -0.25) is 0 Å². The van der Waals surface area contributed by atoms with Crippen molar-refractivity contribution in [2.45, 2.75) is 215 Å². The average Bonchev–Trinajstić information content (AvgIpc) is 1.57. The van der Waals surface area contributed by atoms with Gasteiger partial charge >= 0.3 is 18.9 Å². The first-order chi connectivity index (χ1) is 54.5. The van der Waals surface area contributed by atoms with Crippen molar-refractivity contribution in [3.63, 3.8) is 0 Å². The van der Waals surface area contributed by atoms with Crippen molar-refractivity contribution >= 4 is 0 Å². The van der Waals surface area contributed by atoms with Gasteiger partial charge < -0.3 is 6.92 Å². The second-order valence-electron chi connectivity index (χ2n) is 32.9. The molecule has 1 heteroatoms. The molecule has 572 valence electrons. The summed E-state index contributed by atoms with van der Waals surface area (Å²) in [5, 5.41) is 0. The summed E-state index contributed by atoms with van der Waals surface area (Å²) in [7, 11) is 0. The summed E-state index contributed by atoms with van der Waals surface area (Å²) < 4.78 is 0. The molecule has 0 saturated heterocycles. The van der Waals surface area contributed by atoms with Crippen LogP contribution in [0.15, 0.2) is 297 Å². The molecule has 0 radical (unpaired) electrons. The Bertz CT molecular complexity index is 4970. The fraction of sp³-hybridized carbons (Fsp3) is 0.295. The van der Waals surface area contributed by atoms with E-state index in [1.807, 2.05) is 0 Å². The summed E-state index contributed by atoms with van der Waals surface area (Å²) in [6.07, 6.45) is 12.6. The molecule has 0 amide bonds. The zero-order chi connectivity index (χ0) is 78.8. The van der Waals surface area contributed by atoms with Crippen LogP contribution in [0.2, 0.25) is 0 Å². The van der Waals surface area contributed by atoms with Gasteiger partial charge in [-0.1, -0.05) is 394 Å². The van der Waals surface area contributed by atoms with Gasteiger partial charge in [0.1, 0.15) is 0 Å². The summed E-state index contributed by atoms with van der Waals surface area (Å²) in [6.45, 7) is 34.9. The number of hydrogen-bond donors (Lipinski definition) is 0. The zero-order valence-electron chi connectivity index (χ0n) is 70.9. The number of rotatable bonds is 18. The minimum absolute atomic E-state index is 0. The molecule has 5 unspecified atom stereocenters. The molecule has 0 N–H and O–H groups in total. The Balaban J connectivity index is 0.000000142. The van der Waals surface area contributed by atoms with Crippen molar-refractivity contribution in [1.29, 1.82) is 0 Å². The van der Waals surface area contributed by atoms with Crippen molar-refractivity contribution in [2.24, 2.45) is 0 Å². The third kappa shape index (κ3) is 20.7. The number of benzene rings is 13. The first-order valence-electron chi connectivity index (χ1n) is 42.4. The second-order valence-corrected chi connectivity index (χ2v) is 32.9. The topological polar surface area (TPSA) is 0 Å². The molecule has 17 rings (SSSR count). The molecule has 13 aromatic carbocycles. The van der Waals surface area contributed by atoms with Crippen LogP contribution < -0.4 is 18.9 Å². The molecule has 0 spiro atoms. The predicted octanol–water partition coefficient (Wildman–Crippen LogP) is 28.5. The van der Waals surface area contributed by atoms with E-state index in [9.17, 15) is 0 Å². The Morgan fingerprint density at radius 2 is 0.549 bits per heavy atom. The molecule has 113 heavy (non-hydrogen) atoms. The molecule has 4 aliphatic carbocycles. The standard InChI is InChI=1S/C32H32.C26H28.C24H24.C15H14.C11H16.C4H9.Li/c1-3-25(27-11-5-4-6-12-27)21-23(2)26-19-17-24(18-20-26)22-32-30-15-9-7-13-28(30)29-14-8-10-16-31(29)32;1-5-19(4)21-10-8-20(9-11-21)16-26-24-14-17(2)6-12-22(24)23-13-7-18(3)15-25(23)26;1-3-17(2)19-14-12-18(13-15-19)16-24-22-10-6-4-8-20(22)21-9-5-7-11-23(21)24;1-10-3-5-14-12(7-10)9-13-8-11(2)4-6-15(13)14;1-4-10(3)11-7-5-9(2)6-8-11;1-3-4-2;/h4-20,23,25,32H,3,21-22H2,1-2H3;6-15,19,26H,5,16H2,1-4H3;4-15,17,24H,3,16H2,1-2H3;3-8H,9H2,1-2H3;5-8,10H,4H2,1-3H3;1,3-4H2,2H3;/q;;;;;-1;+1. The summed E-state index contributed by atoms with van der Waals surface area (Å²) in [5.41, 5.74) is 41.5. The first-order valence-corrected chi connectivity index (χ1v) is 42.4. The molecule has 0 aliphatic heterocycles. The van der Waals surface area contributed by atoms with Crippen molar-refractivity contribution in [3.8, 4) is 44.5 Å². The molecule has 0 fully saturated rings. The fourth-order valence-corrected chi connectivity index (χ4v) is 17.3. The summed E-state index contributed by atoms with van der Waals surface area (Å²) in [5.74, 6) is 4.57. The van der Waals surface area contributed by atoms with E-state index >= 15 is 0 Å². The van der Waals surface area contributed by atoms with E-state index < -0.39 is 0 Å². The Hall–Kier alpha value is -9.54. The maximum atomic E-state index is 3.60. The molecule has 13 aromatic rings. The molecular weight excluding hydrogens is 1350 g/mol. The molecule has 0 bridgehead atoms. The van der Waals surface area contributed by atoms with Crippen molar-refractivity contribution in [1.82, 2.24) is 0 Å². The van der Waals surface area contributed by atoms with Crippen LogP contribution >= 0.6 is 0 Å². The van der Waals surface area contributed by atoms with Crippen molar-refractivity contribution in [3.05, 3.63) is 421 Å². The van der Waals surface area contributed by atoms with E-state index in [-0.39, 0.29) is 18.9 Å². The van der Waals surface area contributed by atoms with Gasteiger partial charge in [0.25, 0.3) is 0 Å². The molecule has 0 aromatic heterocycles. The Kier molecular flexibility index (Phi) is 30.2. The minimum Gasteiger partial charge on any atom is -0.343 e. The van der Waals surface area contributed by atoms with Gasteiger partial charge in [-0.15, -0.1) is 0 Å². The van der Waals surface area contributed by atoms with Gasteiger partial charge in [-0.2, -0.15) is 6.42 Å². The number of aryl methyl sites for hydroxylation is 5. The van der Waals surface area contributed by atoms with Crippen LogP contribution in [0.1, 0.15) is 271 Å². The molecule has 5 atom stereocenters. The Morgan fingerprint density at radius 1 is 0.274 bits per heavy atom. The van der Waals surface area contributed by atoms with Crippen LogP contribution in [0.5, 0.6) is 0 Å². The van der Waals surface area contributed by atoms with Crippen LogP contribution in [0.4, 0.5) is 0 Å². The van der Waals surface area contributed by atoms with E-state index in [0.29, 0.717) is 47.3 Å². The Labute approximate surface area is 694 Å². The van der Waals surface area contributed by atoms with Gasteiger partial charge in [-0.05, 0) is 256 Å². The Morgan fingerprint density at radius 3 is 0.876 bits per heavy atom. The van der Waals surface area contributed by atoms with Gasteiger partial charge in [0.2, 0.25) is 0 Å². The fourth-order valence-electron chi connectivity index (χ4n) is 17.3. The van der Waals surface area contributed by atoms with E-state index in [4.69, 9.17) is 0 Å². The normalized spacial score (nSPS) is 13.6. The van der Waals surface area contributed by atoms with E-state index in [1.165, 1.54) is 200 Å². The maximum Gasteiger partial charge on any atom is 1.00 e. The monoisotopic (exact) mass is 1470 g/mol. The van der Waals surface area contributed by atoms with Gasteiger partial charge in [0, 0.05) is 17.8 Å². The van der Waals surface area contributed by atoms with Gasteiger partial charge in [0.05, 0.1) is 0 Å². The van der Waals surface area contributed by atoms with E-state index in [2.05, 4.69) is 401 Å². The third-order valence-corrected chi connectivity index (χ3v) is 24.8. The largest absolute Gasteiger partial charge is 1.00 e. The van der Waals surface area contributed by atoms with Crippen LogP contribution in [-0.2, 0) is 25.7 Å². The smallest absolute Gasteiger partial charge is 0.343 e. The minimum atomic E-state index is 0. The van der Waals surface area contributed by atoms with E-state index in [0.717, 1.165) is 32.1 Å². The van der Waals surface area contributed by atoms with Crippen molar-refractivity contribution in [2.75, 3.05) is 0 Å². The second kappa shape index (κ2) is 40.5. The van der Waals surface area contributed by atoms with Crippen LogP contribution in [-0.4, -0.2) is 0 Å². The van der Waals surface area contributed by atoms with Crippen LogP contribution in [0, 0.1) is 41.5 Å². The number of hydrogen-bond acceptors (Lipinski definition) is 0. The zero-order valence-corrected chi connectivity index (χ0v) is 70.9.